The molecule has 0 aliphatic carbocycles. The predicted molar refractivity (Wildman–Crippen MR) is 95.3 cm³/mol. The third-order valence-electron chi connectivity index (χ3n) is 4.62. The van der Waals surface area contributed by atoms with Gasteiger partial charge in [0, 0.05) is 44.8 Å². The Morgan fingerprint density at radius 2 is 1.84 bits per heavy atom. The lowest BCUT2D eigenvalue weighted by Gasteiger charge is -2.38. The lowest BCUT2D eigenvalue weighted by Crippen LogP contribution is -2.52. The van der Waals surface area contributed by atoms with E-state index in [1.165, 1.54) is 0 Å². The molecule has 130 valence electrons. The summed E-state index contributed by atoms with van der Waals surface area (Å²) in [5.74, 6) is 1.09. The molecule has 0 bridgehead atoms. The van der Waals surface area contributed by atoms with Crippen LogP contribution in [0, 0.1) is 17.2 Å². The second-order valence-electron chi connectivity index (χ2n) is 6.64. The molecule has 0 aromatic carbocycles. The van der Waals surface area contributed by atoms with Crippen LogP contribution in [-0.2, 0) is 0 Å². The van der Waals surface area contributed by atoms with Crippen LogP contribution in [0.15, 0.2) is 42.9 Å². The summed E-state index contributed by atoms with van der Waals surface area (Å²) in [6, 6.07) is 9.84. The van der Waals surface area contributed by atoms with Gasteiger partial charge >= 0.3 is 0 Å². The molecule has 0 saturated carbocycles. The molecule has 2 aromatic rings. The quantitative estimate of drug-likeness (QED) is 0.858. The van der Waals surface area contributed by atoms with E-state index in [9.17, 15) is 10.1 Å². The maximum Gasteiger partial charge on any atom is 0.255 e. The fourth-order valence-electron chi connectivity index (χ4n) is 3.19. The van der Waals surface area contributed by atoms with Crippen LogP contribution in [0.2, 0.25) is 0 Å². The zero-order valence-corrected chi connectivity index (χ0v) is 14.7. The number of rotatable bonds is 4. The Labute approximate surface area is 148 Å². The summed E-state index contributed by atoms with van der Waals surface area (Å²) in [6.45, 7) is 6.87. The van der Waals surface area contributed by atoms with Crippen molar-refractivity contribution in [3.63, 3.8) is 0 Å². The average molecular weight is 337 g/mol. The van der Waals surface area contributed by atoms with Crippen molar-refractivity contribution < 1.29 is 4.79 Å². The highest BCUT2D eigenvalue weighted by molar-refractivity contribution is 5.94. The molecule has 2 aromatic heterocycles. The average Bonchev–Trinajstić information content (AvgIpc) is 3.17. The molecule has 0 spiro atoms. The van der Waals surface area contributed by atoms with Gasteiger partial charge < -0.3 is 9.47 Å². The van der Waals surface area contributed by atoms with Gasteiger partial charge in [-0.2, -0.15) is 5.26 Å². The van der Waals surface area contributed by atoms with Gasteiger partial charge in [0.25, 0.3) is 5.91 Å². The number of aromatic nitrogens is 2. The van der Waals surface area contributed by atoms with Crippen LogP contribution in [0.1, 0.15) is 24.2 Å². The topological polar surface area (TPSA) is 65.2 Å². The zero-order valence-electron chi connectivity index (χ0n) is 14.7. The van der Waals surface area contributed by atoms with Crippen molar-refractivity contribution in [1.29, 1.82) is 5.26 Å². The molecule has 1 amide bonds. The number of nitriles is 1. The highest BCUT2D eigenvalue weighted by Gasteiger charge is 2.28. The Hall–Kier alpha value is -2.65. The summed E-state index contributed by atoms with van der Waals surface area (Å²) >= 11 is 0. The van der Waals surface area contributed by atoms with E-state index in [0.717, 1.165) is 18.9 Å². The third kappa shape index (κ3) is 3.72. The second kappa shape index (κ2) is 7.49. The van der Waals surface area contributed by atoms with Crippen LogP contribution >= 0.6 is 0 Å². The Bertz CT molecular complexity index is 737. The van der Waals surface area contributed by atoms with Crippen molar-refractivity contribution in [1.82, 2.24) is 19.4 Å². The minimum atomic E-state index is -0.0835. The van der Waals surface area contributed by atoms with E-state index in [4.69, 9.17) is 0 Å². The van der Waals surface area contributed by atoms with Gasteiger partial charge in [-0.1, -0.05) is 13.8 Å². The number of hydrogen-bond acceptors (Lipinski definition) is 4. The first-order valence-corrected chi connectivity index (χ1v) is 8.62. The maximum atomic E-state index is 12.7. The van der Waals surface area contributed by atoms with Gasteiger partial charge in [-0.25, -0.2) is 4.98 Å². The number of nitrogens with zero attached hydrogens (tertiary/aromatic N) is 5. The van der Waals surface area contributed by atoms with Crippen molar-refractivity contribution in [3.8, 4) is 11.9 Å². The molecule has 6 heteroatoms. The molecular weight excluding hydrogens is 314 g/mol. The minimum Gasteiger partial charge on any atom is -0.336 e. The Morgan fingerprint density at radius 3 is 2.36 bits per heavy atom. The molecule has 25 heavy (non-hydrogen) atoms. The van der Waals surface area contributed by atoms with E-state index >= 15 is 0 Å². The van der Waals surface area contributed by atoms with Gasteiger partial charge in [-0.05, 0) is 30.2 Å². The summed E-state index contributed by atoms with van der Waals surface area (Å²) < 4.78 is 1.90. The van der Waals surface area contributed by atoms with Gasteiger partial charge in [0.1, 0.15) is 11.9 Å². The summed E-state index contributed by atoms with van der Waals surface area (Å²) in [7, 11) is 0. The molecule has 3 heterocycles. The molecule has 0 unspecified atom stereocenters. The highest BCUT2D eigenvalue weighted by Crippen LogP contribution is 2.15. The van der Waals surface area contributed by atoms with Crippen LogP contribution in [0.3, 0.4) is 0 Å². The maximum absolute atomic E-state index is 12.7. The second-order valence-corrected chi connectivity index (χ2v) is 6.64. The molecule has 0 N–H and O–H groups in total. The molecule has 6 nitrogen and oxygen atoms in total. The lowest BCUT2D eigenvalue weighted by molar-refractivity contribution is 0.0576. The Morgan fingerprint density at radius 1 is 1.16 bits per heavy atom. The largest absolute Gasteiger partial charge is 0.336 e. The van der Waals surface area contributed by atoms with Crippen LogP contribution in [0.25, 0.3) is 5.82 Å². The first-order chi connectivity index (χ1) is 12.1. The summed E-state index contributed by atoms with van der Waals surface area (Å²) in [5.41, 5.74) is 0.602. The summed E-state index contributed by atoms with van der Waals surface area (Å²) in [5, 5.41) is 9.32. The van der Waals surface area contributed by atoms with E-state index in [2.05, 4.69) is 29.8 Å². The monoisotopic (exact) mass is 337 g/mol. The Balaban J connectivity index is 1.62. The SMILES string of the molecule is CC(C)[C@H](C#N)N1CCN(C(=O)c2ccc(-n3cccc3)nc2)CC1. The first kappa shape index (κ1) is 17.2. The molecule has 1 atom stereocenters. The predicted octanol–water partition coefficient (Wildman–Crippen LogP) is 2.18. The summed E-state index contributed by atoms with van der Waals surface area (Å²) in [4.78, 5) is 21.1. The number of carbonyl (C=O) groups is 1. The molecule has 0 radical (unpaired) electrons. The first-order valence-electron chi connectivity index (χ1n) is 8.62. The van der Waals surface area contributed by atoms with Gasteiger partial charge in [-0.15, -0.1) is 0 Å². The van der Waals surface area contributed by atoms with Crippen LogP contribution in [0.4, 0.5) is 0 Å². The van der Waals surface area contributed by atoms with Crippen LogP contribution < -0.4 is 0 Å². The molecular formula is C19H23N5O. The normalized spacial score (nSPS) is 16.6. The fraction of sp³-hybridized carbons (Fsp3) is 0.421. The lowest BCUT2D eigenvalue weighted by atomic mass is 10.0. The van der Waals surface area contributed by atoms with Gasteiger partial charge in [0.05, 0.1) is 11.6 Å². The van der Waals surface area contributed by atoms with E-state index in [1.54, 1.807) is 6.20 Å². The van der Waals surface area contributed by atoms with E-state index in [0.29, 0.717) is 18.7 Å². The molecule has 1 saturated heterocycles. The Kier molecular flexibility index (Phi) is 5.15. The highest BCUT2D eigenvalue weighted by atomic mass is 16.2. The van der Waals surface area contributed by atoms with E-state index < -0.39 is 0 Å². The van der Waals surface area contributed by atoms with Crippen molar-refractivity contribution in [2.24, 2.45) is 5.92 Å². The fourth-order valence-corrected chi connectivity index (χ4v) is 3.19. The number of amides is 1. The standard InChI is InChI=1S/C19H23N5O/c1-15(2)17(13-20)22-9-11-24(12-10-22)19(25)16-5-6-18(21-14-16)23-7-3-4-8-23/h3-8,14-15,17H,9-12H2,1-2H3/t17-/m0/s1. The molecule has 1 fully saturated rings. The van der Waals surface area contributed by atoms with Gasteiger partial charge in [0.15, 0.2) is 0 Å². The van der Waals surface area contributed by atoms with Crippen molar-refractivity contribution in [2.75, 3.05) is 26.2 Å². The minimum absolute atomic E-state index is 0.00395. The zero-order chi connectivity index (χ0) is 17.8. The van der Waals surface area contributed by atoms with Crippen molar-refractivity contribution >= 4 is 5.91 Å². The van der Waals surface area contributed by atoms with Gasteiger partial charge in [0.2, 0.25) is 0 Å². The van der Waals surface area contributed by atoms with Crippen molar-refractivity contribution in [2.45, 2.75) is 19.9 Å². The van der Waals surface area contributed by atoms with Crippen LogP contribution in [0.5, 0.6) is 0 Å². The number of piperazine rings is 1. The van der Waals surface area contributed by atoms with Gasteiger partial charge in [-0.3, -0.25) is 9.69 Å². The van der Waals surface area contributed by atoms with Crippen LogP contribution in [-0.4, -0.2) is 57.5 Å². The number of carbonyl (C=O) groups excluding carboxylic acids is 1. The van der Waals surface area contributed by atoms with E-state index in [1.807, 2.05) is 46.1 Å². The molecule has 3 rings (SSSR count). The molecule has 1 aliphatic rings. The third-order valence-corrected chi connectivity index (χ3v) is 4.62. The van der Waals surface area contributed by atoms with Crippen molar-refractivity contribution in [3.05, 3.63) is 48.4 Å². The number of pyridine rings is 1. The summed E-state index contributed by atoms with van der Waals surface area (Å²) in [6.07, 6.45) is 5.48. The number of hydrogen-bond donors (Lipinski definition) is 0. The van der Waals surface area contributed by atoms with E-state index in [-0.39, 0.29) is 17.9 Å². The molecule has 1 aliphatic heterocycles. The smallest absolute Gasteiger partial charge is 0.255 e.